The number of hydrogen-bond acceptors (Lipinski definition) is 8. The fourth-order valence-electron chi connectivity index (χ4n) is 2.43. The number of carbonyl (C=O) groups is 2. The fraction of sp³-hybridized carbons (Fsp3) is 0.158. The summed E-state index contributed by atoms with van der Waals surface area (Å²) in [6.45, 7) is -0.560. The molecule has 1 amide bonds. The second-order valence-electron chi connectivity index (χ2n) is 6.15. The molecule has 12 heteroatoms. The Kier molecular flexibility index (Phi) is 7.16. The number of aromatic nitrogens is 2. The van der Waals surface area contributed by atoms with E-state index in [-0.39, 0.29) is 35.1 Å². The van der Waals surface area contributed by atoms with Crippen molar-refractivity contribution >= 4 is 46.5 Å². The van der Waals surface area contributed by atoms with Crippen molar-refractivity contribution in [2.45, 2.75) is 12.8 Å². The number of amides is 1. The molecular weight excluding hydrogens is 451 g/mol. The van der Waals surface area contributed by atoms with E-state index in [2.05, 4.69) is 15.5 Å². The maximum absolute atomic E-state index is 11.9. The van der Waals surface area contributed by atoms with Crippen molar-refractivity contribution in [3.05, 3.63) is 68.5 Å². The number of esters is 1. The Morgan fingerprint density at radius 2 is 1.90 bits per heavy atom. The molecular formula is C19H14Cl2N4O6. The lowest BCUT2D eigenvalue weighted by Crippen LogP contribution is -2.21. The Balaban J connectivity index is 1.45. The number of nitrogens with zero attached hydrogens (tertiary/aromatic N) is 3. The number of halogens is 2. The molecule has 0 aliphatic carbocycles. The number of carbonyl (C=O) groups excluding carboxylic acids is 2. The molecule has 3 rings (SSSR count). The lowest BCUT2D eigenvalue weighted by molar-refractivity contribution is -0.384. The monoisotopic (exact) mass is 464 g/mol. The van der Waals surface area contributed by atoms with Gasteiger partial charge in [0.15, 0.2) is 6.61 Å². The normalized spacial score (nSPS) is 10.5. The zero-order valence-corrected chi connectivity index (χ0v) is 17.2. The zero-order valence-electron chi connectivity index (χ0n) is 15.7. The Morgan fingerprint density at radius 1 is 1.16 bits per heavy atom. The van der Waals surface area contributed by atoms with Crippen molar-refractivity contribution in [2.24, 2.45) is 0 Å². The van der Waals surface area contributed by atoms with Crippen LogP contribution in [-0.2, 0) is 20.7 Å². The van der Waals surface area contributed by atoms with Gasteiger partial charge in [0.25, 0.3) is 11.6 Å². The highest BCUT2D eigenvalue weighted by atomic mass is 35.5. The van der Waals surface area contributed by atoms with Gasteiger partial charge in [-0.15, -0.1) is 0 Å². The minimum Gasteiger partial charge on any atom is -0.456 e. The van der Waals surface area contributed by atoms with Crippen molar-refractivity contribution in [3.63, 3.8) is 0 Å². The van der Waals surface area contributed by atoms with Gasteiger partial charge in [-0.2, -0.15) is 4.98 Å². The SMILES string of the molecule is O=C(COC(=O)CCc1nc(-c2ccc(Cl)cc2)no1)Nc1ccc(Cl)c([N+](=O)[O-])c1. The summed E-state index contributed by atoms with van der Waals surface area (Å²) in [6.07, 6.45) is 0.0480. The van der Waals surface area contributed by atoms with Crippen LogP contribution in [-0.4, -0.2) is 33.5 Å². The summed E-state index contributed by atoms with van der Waals surface area (Å²) in [6, 6.07) is 10.6. The third kappa shape index (κ3) is 6.24. The minimum absolute atomic E-state index is 0.0605. The van der Waals surface area contributed by atoms with Gasteiger partial charge in [0.1, 0.15) is 5.02 Å². The van der Waals surface area contributed by atoms with Crippen LogP contribution in [0.25, 0.3) is 11.4 Å². The molecule has 0 spiro atoms. The van der Waals surface area contributed by atoms with Gasteiger partial charge >= 0.3 is 5.97 Å². The van der Waals surface area contributed by atoms with E-state index in [0.717, 1.165) is 6.07 Å². The average Bonchev–Trinajstić information content (AvgIpc) is 3.21. The number of aryl methyl sites for hydroxylation is 1. The second-order valence-corrected chi connectivity index (χ2v) is 6.99. The van der Waals surface area contributed by atoms with Gasteiger partial charge in [0, 0.05) is 28.8 Å². The van der Waals surface area contributed by atoms with Crippen LogP contribution < -0.4 is 5.32 Å². The Bertz CT molecular complexity index is 1120. The predicted molar refractivity (Wildman–Crippen MR) is 111 cm³/mol. The molecule has 31 heavy (non-hydrogen) atoms. The molecule has 1 N–H and O–H groups in total. The number of rotatable bonds is 8. The Morgan fingerprint density at radius 3 is 2.61 bits per heavy atom. The Labute approximate surface area is 185 Å². The maximum atomic E-state index is 11.9. The molecule has 0 radical (unpaired) electrons. The molecule has 3 aromatic rings. The van der Waals surface area contributed by atoms with Crippen LogP contribution >= 0.6 is 23.2 Å². The van der Waals surface area contributed by atoms with Gasteiger partial charge in [0.2, 0.25) is 11.7 Å². The second kappa shape index (κ2) is 10.0. The molecule has 0 unspecified atom stereocenters. The molecule has 0 bridgehead atoms. The van der Waals surface area contributed by atoms with E-state index in [1.165, 1.54) is 12.1 Å². The molecule has 0 aliphatic heterocycles. The molecule has 1 aromatic heterocycles. The maximum Gasteiger partial charge on any atom is 0.306 e. The highest BCUT2D eigenvalue weighted by molar-refractivity contribution is 6.32. The number of ether oxygens (including phenoxy) is 1. The van der Waals surface area contributed by atoms with E-state index in [9.17, 15) is 19.7 Å². The van der Waals surface area contributed by atoms with Crippen LogP contribution in [0.4, 0.5) is 11.4 Å². The van der Waals surface area contributed by atoms with E-state index in [1.807, 2.05) is 0 Å². The van der Waals surface area contributed by atoms with Gasteiger partial charge in [-0.3, -0.25) is 19.7 Å². The third-order valence-corrected chi connectivity index (χ3v) is 4.48. The van der Waals surface area contributed by atoms with E-state index >= 15 is 0 Å². The molecule has 0 aliphatic rings. The number of anilines is 1. The summed E-state index contributed by atoms with van der Waals surface area (Å²) in [5.74, 6) is -0.715. The van der Waals surface area contributed by atoms with Crippen LogP contribution in [0, 0.1) is 10.1 Å². The zero-order chi connectivity index (χ0) is 22.4. The number of nitrogens with one attached hydrogen (secondary N) is 1. The molecule has 1 heterocycles. The number of benzene rings is 2. The first kappa shape index (κ1) is 22.2. The summed E-state index contributed by atoms with van der Waals surface area (Å²) in [5, 5.41) is 17.6. The molecule has 0 fully saturated rings. The highest BCUT2D eigenvalue weighted by Gasteiger charge is 2.15. The first-order valence-electron chi connectivity index (χ1n) is 8.80. The Hall–Kier alpha value is -3.50. The first-order chi connectivity index (χ1) is 14.8. The lowest BCUT2D eigenvalue weighted by atomic mass is 10.2. The first-order valence-corrected chi connectivity index (χ1v) is 9.55. The topological polar surface area (TPSA) is 137 Å². The van der Waals surface area contributed by atoms with Crippen molar-refractivity contribution in [1.82, 2.24) is 10.1 Å². The molecule has 0 saturated heterocycles. The van der Waals surface area contributed by atoms with Crippen LogP contribution in [0.2, 0.25) is 10.0 Å². The summed E-state index contributed by atoms with van der Waals surface area (Å²) < 4.78 is 9.99. The molecule has 0 saturated carbocycles. The summed E-state index contributed by atoms with van der Waals surface area (Å²) >= 11 is 11.5. The molecule has 0 atom stereocenters. The van der Waals surface area contributed by atoms with Gasteiger partial charge < -0.3 is 14.6 Å². The van der Waals surface area contributed by atoms with E-state index < -0.39 is 23.4 Å². The van der Waals surface area contributed by atoms with Gasteiger partial charge in [-0.05, 0) is 36.4 Å². The summed E-state index contributed by atoms with van der Waals surface area (Å²) in [4.78, 5) is 38.2. The number of nitro groups is 1. The van der Waals surface area contributed by atoms with Crippen LogP contribution in [0.5, 0.6) is 0 Å². The van der Waals surface area contributed by atoms with E-state index in [4.69, 9.17) is 32.5 Å². The molecule has 10 nitrogen and oxygen atoms in total. The summed E-state index contributed by atoms with van der Waals surface area (Å²) in [5.41, 5.74) is 0.507. The number of hydrogen-bond donors (Lipinski definition) is 1. The smallest absolute Gasteiger partial charge is 0.306 e. The van der Waals surface area contributed by atoms with E-state index in [0.29, 0.717) is 16.4 Å². The van der Waals surface area contributed by atoms with E-state index in [1.54, 1.807) is 24.3 Å². The van der Waals surface area contributed by atoms with Gasteiger partial charge in [-0.1, -0.05) is 28.4 Å². The fourth-order valence-corrected chi connectivity index (χ4v) is 2.74. The average molecular weight is 465 g/mol. The highest BCUT2D eigenvalue weighted by Crippen LogP contribution is 2.27. The van der Waals surface area contributed by atoms with Crippen LogP contribution in [0.15, 0.2) is 47.0 Å². The van der Waals surface area contributed by atoms with Crippen molar-refractivity contribution < 1.29 is 23.8 Å². The largest absolute Gasteiger partial charge is 0.456 e. The van der Waals surface area contributed by atoms with Crippen LogP contribution in [0.1, 0.15) is 12.3 Å². The van der Waals surface area contributed by atoms with Crippen molar-refractivity contribution in [1.29, 1.82) is 0 Å². The molecule has 2 aromatic carbocycles. The van der Waals surface area contributed by atoms with Crippen molar-refractivity contribution in [3.8, 4) is 11.4 Å². The quantitative estimate of drug-likeness (QED) is 0.299. The standard InChI is InChI=1S/C19H14Cl2N4O6/c20-12-3-1-11(2-4-12)19-23-17(31-24-19)7-8-18(27)30-10-16(26)22-13-5-6-14(21)15(9-13)25(28)29/h1-6,9H,7-8,10H2,(H,22,26). The minimum atomic E-state index is -0.673. The molecule has 160 valence electrons. The third-order valence-electron chi connectivity index (χ3n) is 3.90. The van der Waals surface area contributed by atoms with Gasteiger partial charge in [-0.25, -0.2) is 0 Å². The van der Waals surface area contributed by atoms with Crippen molar-refractivity contribution in [2.75, 3.05) is 11.9 Å². The number of nitro benzene ring substituents is 1. The van der Waals surface area contributed by atoms with Gasteiger partial charge in [0.05, 0.1) is 11.3 Å². The van der Waals surface area contributed by atoms with Crippen LogP contribution in [0.3, 0.4) is 0 Å². The summed E-state index contributed by atoms with van der Waals surface area (Å²) in [7, 11) is 0. The predicted octanol–water partition coefficient (Wildman–Crippen LogP) is 4.07. The lowest BCUT2D eigenvalue weighted by Gasteiger charge is -2.06.